The standard InChI is InChI=1S/C22H35NO3/c1-2-3-4-5-6-7-8-10-13-16-19-22(23(25)26)20-17-14-11-9-12-15-18-21-24/h6-7,10,13-14,17,19,21H,2-5,8-9,11-12,15-16,18,20H2,1H3/b7-6-,13-10-,17-14-,22-19+. The van der Waals surface area contributed by atoms with E-state index in [1.54, 1.807) is 6.08 Å². The average molecular weight is 362 g/mol. The lowest BCUT2D eigenvalue weighted by Crippen LogP contribution is -1.97. The zero-order chi connectivity index (χ0) is 19.3. The summed E-state index contributed by atoms with van der Waals surface area (Å²) in [6.45, 7) is 2.20. The summed E-state index contributed by atoms with van der Waals surface area (Å²) < 4.78 is 0. The van der Waals surface area contributed by atoms with Crippen molar-refractivity contribution >= 4 is 6.29 Å². The van der Waals surface area contributed by atoms with Crippen molar-refractivity contribution in [2.75, 3.05) is 0 Å². The van der Waals surface area contributed by atoms with Crippen LogP contribution in [0.4, 0.5) is 0 Å². The van der Waals surface area contributed by atoms with Crippen LogP contribution in [0.2, 0.25) is 0 Å². The van der Waals surface area contributed by atoms with Crippen LogP contribution < -0.4 is 0 Å². The van der Waals surface area contributed by atoms with Gasteiger partial charge in [-0.3, -0.25) is 10.1 Å². The number of allylic oxidation sites excluding steroid dienone is 7. The first-order valence-corrected chi connectivity index (χ1v) is 9.94. The molecule has 0 aromatic rings. The van der Waals surface area contributed by atoms with Crippen LogP contribution in [0.5, 0.6) is 0 Å². The number of aldehydes is 1. The van der Waals surface area contributed by atoms with Crippen molar-refractivity contribution in [1.82, 2.24) is 0 Å². The molecule has 0 saturated carbocycles. The van der Waals surface area contributed by atoms with Crippen LogP contribution in [0.15, 0.2) is 48.2 Å². The Morgan fingerprint density at radius 3 is 2.12 bits per heavy atom. The largest absolute Gasteiger partial charge is 0.303 e. The summed E-state index contributed by atoms with van der Waals surface area (Å²) in [5, 5.41) is 11.1. The second-order valence-corrected chi connectivity index (χ2v) is 6.34. The lowest BCUT2D eigenvalue weighted by Gasteiger charge is -1.95. The molecular formula is C22H35NO3. The molecule has 0 aliphatic heterocycles. The summed E-state index contributed by atoms with van der Waals surface area (Å²) in [4.78, 5) is 21.0. The SMILES string of the molecule is CCCCC/C=C\C/C=C\C/C=C(\C/C=C\CCCCCC=O)[N+](=O)[O-]. The molecular weight excluding hydrogens is 326 g/mol. The van der Waals surface area contributed by atoms with Gasteiger partial charge in [0.25, 0.3) is 0 Å². The molecule has 0 radical (unpaired) electrons. The normalized spacial score (nSPS) is 12.6. The van der Waals surface area contributed by atoms with E-state index in [-0.39, 0.29) is 10.6 Å². The van der Waals surface area contributed by atoms with E-state index in [2.05, 4.69) is 25.2 Å². The lowest BCUT2D eigenvalue weighted by atomic mass is 10.1. The summed E-state index contributed by atoms with van der Waals surface area (Å²) in [6, 6.07) is 0. The molecule has 0 bridgehead atoms. The highest BCUT2D eigenvalue weighted by molar-refractivity contribution is 5.48. The number of carbonyl (C=O) groups is 1. The first kappa shape index (κ1) is 24.0. The third kappa shape index (κ3) is 16.9. The second-order valence-electron chi connectivity index (χ2n) is 6.34. The molecule has 0 aliphatic rings. The zero-order valence-corrected chi connectivity index (χ0v) is 16.3. The quantitative estimate of drug-likeness (QED) is 0.0950. The fraction of sp³-hybridized carbons (Fsp3) is 0.591. The Hall–Kier alpha value is -1.97. The highest BCUT2D eigenvalue weighted by Crippen LogP contribution is 2.08. The number of carbonyl (C=O) groups excluding carboxylic acids is 1. The maximum Gasteiger partial charge on any atom is 0.246 e. The summed E-state index contributed by atoms with van der Waals surface area (Å²) in [6.07, 6.45) is 26.2. The van der Waals surface area contributed by atoms with Gasteiger partial charge in [-0.05, 0) is 51.0 Å². The highest BCUT2D eigenvalue weighted by Gasteiger charge is 2.06. The van der Waals surface area contributed by atoms with Crippen molar-refractivity contribution < 1.29 is 9.72 Å². The Bertz CT molecular complexity index is 476. The van der Waals surface area contributed by atoms with E-state index >= 15 is 0 Å². The Kier molecular flexibility index (Phi) is 17.9. The van der Waals surface area contributed by atoms with Gasteiger partial charge in [0.05, 0.1) is 11.3 Å². The van der Waals surface area contributed by atoms with Crippen molar-refractivity contribution in [3.63, 3.8) is 0 Å². The van der Waals surface area contributed by atoms with Crippen LogP contribution >= 0.6 is 0 Å². The van der Waals surface area contributed by atoms with Gasteiger partial charge in [-0.1, -0.05) is 62.6 Å². The number of hydrogen-bond acceptors (Lipinski definition) is 3. The van der Waals surface area contributed by atoms with Gasteiger partial charge in [0.15, 0.2) is 0 Å². The molecule has 0 unspecified atom stereocenters. The van der Waals surface area contributed by atoms with Crippen LogP contribution in [0.1, 0.15) is 84.0 Å². The summed E-state index contributed by atoms with van der Waals surface area (Å²) in [5.74, 6) is 0. The van der Waals surface area contributed by atoms with Crippen LogP contribution in [0, 0.1) is 10.1 Å². The fourth-order valence-electron chi connectivity index (χ4n) is 2.42. The number of nitro groups is 1. The molecule has 0 atom stereocenters. The van der Waals surface area contributed by atoms with Gasteiger partial charge in [0, 0.05) is 6.42 Å². The van der Waals surface area contributed by atoms with E-state index in [9.17, 15) is 14.9 Å². The lowest BCUT2D eigenvalue weighted by molar-refractivity contribution is -0.427. The van der Waals surface area contributed by atoms with E-state index in [0.29, 0.717) is 19.3 Å². The monoisotopic (exact) mass is 361 g/mol. The van der Waals surface area contributed by atoms with Gasteiger partial charge in [-0.15, -0.1) is 0 Å². The molecule has 0 aliphatic carbocycles. The van der Waals surface area contributed by atoms with Crippen LogP contribution in [-0.4, -0.2) is 11.2 Å². The maximum atomic E-state index is 11.1. The topological polar surface area (TPSA) is 60.2 Å². The Morgan fingerprint density at radius 2 is 1.42 bits per heavy atom. The van der Waals surface area contributed by atoms with E-state index in [1.165, 1.54) is 19.3 Å². The molecule has 0 rings (SSSR count). The molecule has 0 spiro atoms. The molecule has 0 aromatic heterocycles. The Labute approximate surface area is 158 Å². The number of hydrogen-bond donors (Lipinski definition) is 0. The van der Waals surface area contributed by atoms with Gasteiger partial charge < -0.3 is 4.79 Å². The number of rotatable bonds is 17. The molecule has 0 N–H and O–H groups in total. The number of unbranched alkanes of at least 4 members (excludes halogenated alkanes) is 7. The first-order chi connectivity index (χ1) is 12.7. The molecule has 26 heavy (non-hydrogen) atoms. The smallest absolute Gasteiger partial charge is 0.246 e. The minimum Gasteiger partial charge on any atom is -0.303 e. The van der Waals surface area contributed by atoms with Gasteiger partial charge in [-0.25, -0.2) is 0 Å². The van der Waals surface area contributed by atoms with E-state index in [1.807, 2.05) is 18.2 Å². The molecule has 0 amide bonds. The van der Waals surface area contributed by atoms with E-state index in [0.717, 1.165) is 44.8 Å². The van der Waals surface area contributed by atoms with Gasteiger partial charge >= 0.3 is 0 Å². The zero-order valence-electron chi connectivity index (χ0n) is 16.3. The summed E-state index contributed by atoms with van der Waals surface area (Å²) in [5.41, 5.74) is 0.252. The third-order valence-corrected chi connectivity index (χ3v) is 3.99. The predicted octanol–water partition coefficient (Wildman–Crippen LogP) is 6.72. The van der Waals surface area contributed by atoms with Gasteiger partial charge in [0.1, 0.15) is 6.29 Å². The van der Waals surface area contributed by atoms with Gasteiger partial charge in [-0.2, -0.15) is 0 Å². The average Bonchev–Trinajstić information content (AvgIpc) is 2.63. The molecule has 146 valence electrons. The van der Waals surface area contributed by atoms with Crippen molar-refractivity contribution in [3.05, 3.63) is 58.3 Å². The van der Waals surface area contributed by atoms with Crippen molar-refractivity contribution in [2.24, 2.45) is 0 Å². The Morgan fingerprint density at radius 1 is 0.808 bits per heavy atom. The van der Waals surface area contributed by atoms with Crippen molar-refractivity contribution in [2.45, 2.75) is 84.0 Å². The van der Waals surface area contributed by atoms with Gasteiger partial charge in [0.2, 0.25) is 5.70 Å². The second kappa shape index (κ2) is 19.4. The Balaban J connectivity index is 3.96. The van der Waals surface area contributed by atoms with Crippen LogP contribution in [0.3, 0.4) is 0 Å². The molecule has 4 nitrogen and oxygen atoms in total. The maximum absolute atomic E-state index is 11.1. The first-order valence-electron chi connectivity index (χ1n) is 9.94. The van der Waals surface area contributed by atoms with Crippen LogP contribution in [-0.2, 0) is 4.79 Å². The minimum absolute atomic E-state index is 0.252. The molecule has 0 fully saturated rings. The van der Waals surface area contributed by atoms with Crippen molar-refractivity contribution in [3.8, 4) is 0 Å². The molecule has 0 saturated heterocycles. The third-order valence-electron chi connectivity index (χ3n) is 3.99. The van der Waals surface area contributed by atoms with E-state index in [4.69, 9.17) is 0 Å². The summed E-state index contributed by atoms with van der Waals surface area (Å²) in [7, 11) is 0. The van der Waals surface area contributed by atoms with Crippen LogP contribution in [0.25, 0.3) is 0 Å². The predicted molar refractivity (Wildman–Crippen MR) is 110 cm³/mol. The highest BCUT2D eigenvalue weighted by atomic mass is 16.6. The molecule has 0 heterocycles. The van der Waals surface area contributed by atoms with E-state index < -0.39 is 0 Å². The van der Waals surface area contributed by atoms with Crippen molar-refractivity contribution in [1.29, 1.82) is 0 Å². The summed E-state index contributed by atoms with van der Waals surface area (Å²) >= 11 is 0. The minimum atomic E-state index is -0.296. The molecule has 0 aromatic carbocycles. The molecule has 4 heteroatoms. The number of nitrogens with zero attached hydrogens (tertiary/aromatic N) is 1. The fourth-order valence-corrected chi connectivity index (χ4v) is 2.42.